The van der Waals surface area contributed by atoms with Crippen molar-refractivity contribution in [2.24, 2.45) is 0 Å². The standard InChI is InChI=1S/C16H23BFNO7/c1-16(2,3)26-15(21)19-11(14(20)24-4)8-10-6-5-7-12(13(10)18)25-9-17(22)23/h5-7,11,22-23H,8-9H2,1-4H3,(H,19,21)/t11-/m0/s1. The van der Waals surface area contributed by atoms with E-state index in [1.54, 1.807) is 20.8 Å². The summed E-state index contributed by atoms with van der Waals surface area (Å²) in [6.45, 7) is 4.47. The fraction of sp³-hybridized carbons (Fsp3) is 0.500. The molecule has 0 unspecified atom stereocenters. The summed E-state index contributed by atoms with van der Waals surface area (Å²) in [6.07, 6.45) is -1.06. The Morgan fingerprint density at radius 1 is 1.31 bits per heavy atom. The minimum Gasteiger partial charge on any atom is -0.493 e. The van der Waals surface area contributed by atoms with Crippen molar-refractivity contribution in [3.63, 3.8) is 0 Å². The second-order valence-electron chi connectivity index (χ2n) is 6.45. The number of carbonyl (C=O) groups excluding carboxylic acids is 2. The monoisotopic (exact) mass is 371 g/mol. The van der Waals surface area contributed by atoms with Gasteiger partial charge in [-0.05, 0) is 32.4 Å². The molecule has 0 bridgehead atoms. The van der Waals surface area contributed by atoms with E-state index in [0.717, 1.165) is 7.11 Å². The van der Waals surface area contributed by atoms with Crippen molar-refractivity contribution in [3.05, 3.63) is 29.6 Å². The molecule has 0 fully saturated rings. The molecule has 3 N–H and O–H groups in total. The summed E-state index contributed by atoms with van der Waals surface area (Å²) >= 11 is 0. The third-order valence-corrected chi connectivity index (χ3v) is 3.03. The minimum atomic E-state index is -1.75. The zero-order chi connectivity index (χ0) is 19.9. The van der Waals surface area contributed by atoms with Crippen LogP contribution in [-0.2, 0) is 20.7 Å². The molecule has 1 aromatic rings. The number of ether oxygens (including phenoxy) is 3. The van der Waals surface area contributed by atoms with Gasteiger partial charge in [0.25, 0.3) is 0 Å². The molecule has 0 aromatic heterocycles. The van der Waals surface area contributed by atoms with Gasteiger partial charge in [-0.2, -0.15) is 0 Å². The summed E-state index contributed by atoms with van der Waals surface area (Å²) in [5.74, 6) is -1.77. The number of esters is 1. The van der Waals surface area contributed by atoms with Crippen molar-refractivity contribution < 1.29 is 38.2 Å². The summed E-state index contributed by atoms with van der Waals surface area (Å²) in [6, 6.07) is 3.00. The van der Waals surface area contributed by atoms with Crippen molar-refractivity contribution in [1.29, 1.82) is 0 Å². The second-order valence-corrected chi connectivity index (χ2v) is 6.45. The van der Waals surface area contributed by atoms with Crippen molar-refractivity contribution in [3.8, 4) is 5.75 Å². The molecule has 0 heterocycles. The van der Waals surface area contributed by atoms with Gasteiger partial charge >= 0.3 is 19.2 Å². The number of methoxy groups -OCH3 is 1. The molecule has 10 heteroatoms. The van der Waals surface area contributed by atoms with Crippen molar-refractivity contribution in [2.75, 3.05) is 13.6 Å². The number of alkyl carbamates (subject to hydrolysis) is 1. The van der Waals surface area contributed by atoms with Gasteiger partial charge in [0, 0.05) is 6.42 Å². The van der Waals surface area contributed by atoms with Crippen molar-refractivity contribution in [2.45, 2.75) is 38.8 Å². The Kier molecular flexibility index (Phi) is 7.85. The molecule has 1 amide bonds. The summed E-state index contributed by atoms with van der Waals surface area (Å²) < 4.78 is 29.1. The van der Waals surface area contributed by atoms with Crippen LogP contribution in [0.15, 0.2) is 18.2 Å². The topological polar surface area (TPSA) is 114 Å². The van der Waals surface area contributed by atoms with Crippen LogP contribution in [0.4, 0.5) is 9.18 Å². The van der Waals surface area contributed by atoms with Crippen LogP contribution >= 0.6 is 0 Å². The first-order valence-electron chi connectivity index (χ1n) is 7.87. The number of carbonyl (C=O) groups is 2. The minimum absolute atomic E-state index is 0.0707. The first-order chi connectivity index (χ1) is 12.0. The van der Waals surface area contributed by atoms with E-state index in [-0.39, 0.29) is 17.7 Å². The third-order valence-electron chi connectivity index (χ3n) is 3.03. The van der Waals surface area contributed by atoms with Gasteiger partial charge in [0.15, 0.2) is 11.6 Å². The van der Waals surface area contributed by atoms with E-state index in [4.69, 9.17) is 19.5 Å². The number of benzene rings is 1. The summed E-state index contributed by atoms with van der Waals surface area (Å²) in [7, 11) is -0.611. The molecule has 1 rings (SSSR count). The van der Waals surface area contributed by atoms with Crippen LogP contribution < -0.4 is 10.1 Å². The fourth-order valence-electron chi connectivity index (χ4n) is 1.99. The van der Waals surface area contributed by atoms with E-state index >= 15 is 0 Å². The predicted molar refractivity (Wildman–Crippen MR) is 91.0 cm³/mol. The van der Waals surface area contributed by atoms with Gasteiger partial charge in [-0.3, -0.25) is 0 Å². The maximum atomic E-state index is 14.5. The zero-order valence-electron chi connectivity index (χ0n) is 15.1. The van der Waals surface area contributed by atoms with Gasteiger partial charge in [0.2, 0.25) is 0 Å². The summed E-state index contributed by atoms with van der Waals surface area (Å²) in [5, 5.41) is 19.9. The van der Waals surface area contributed by atoms with Gasteiger partial charge in [-0.1, -0.05) is 12.1 Å². The average molecular weight is 371 g/mol. The van der Waals surface area contributed by atoms with Crippen LogP contribution in [0.3, 0.4) is 0 Å². The van der Waals surface area contributed by atoms with Crippen LogP contribution in [0.25, 0.3) is 0 Å². The maximum absolute atomic E-state index is 14.5. The van der Waals surface area contributed by atoms with Gasteiger partial charge in [-0.15, -0.1) is 0 Å². The van der Waals surface area contributed by atoms with Crippen LogP contribution in [0.1, 0.15) is 26.3 Å². The molecule has 0 aliphatic carbocycles. The number of rotatable bonds is 7. The Balaban J connectivity index is 2.93. The summed E-state index contributed by atoms with van der Waals surface area (Å²) in [4.78, 5) is 23.8. The van der Waals surface area contributed by atoms with Crippen LogP contribution in [0.2, 0.25) is 0 Å². The lowest BCUT2D eigenvalue weighted by Crippen LogP contribution is -2.45. The lowest BCUT2D eigenvalue weighted by Gasteiger charge is -2.23. The number of halogens is 1. The number of hydrogen-bond donors (Lipinski definition) is 3. The highest BCUT2D eigenvalue weighted by molar-refractivity contribution is 6.40. The molecular formula is C16H23BFNO7. The number of amides is 1. The smallest absolute Gasteiger partial charge is 0.491 e. The average Bonchev–Trinajstić information content (AvgIpc) is 2.52. The van der Waals surface area contributed by atoms with Crippen molar-refractivity contribution >= 4 is 19.2 Å². The molecule has 144 valence electrons. The van der Waals surface area contributed by atoms with E-state index in [9.17, 15) is 14.0 Å². The maximum Gasteiger partial charge on any atom is 0.491 e. The van der Waals surface area contributed by atoms with Gasteiger partial charge in [-0.25, -0.2) is 14.0 Å². The summed E-state index contributed by atoms with van der Waals surface area (Å²) in [5.41, 5.74) is -0.698. The number of nitrogens with one attached hydrogen (secondary N) is 1. The Hall–Kier alpha value is -2.33. The Bertz CT molecular complexity index is 634. The Morgan fingerprint density at radius 2 is 1.96 bits per heavy atom. The van der Waals surface area contributed by atoms with E-state index < -0.39 is 43.1 Å². The second kappa shape index (κ2) is 9.39. The zero-order valence-corrected chi connectivity index (χ0v) is 15.1. The highest BCUT2D eigenvalue weighted by Gasteiger charge is 2.27. The molecule has 0 aliphatic heterocycles. The molecular weight excluding hydrogens is 348 g/mol. The lowest BCUT2D eigenvalue weighted by atomic mass is 9.95. The van der Waals surface area contributed by atoms with Crippen molar-refractivity contribution in [1.82, 2.24) is 5.32 Å². The first kappa shape index (κ1) is 21.7. The van der Waals surface area contributed by atoms with Crippen LogP contribution in [0.5, 0.6) is 5.75 Å². The third kappa shape index (κ3) is 7.28. The quantitative estimate of drug-likeness (QED) is 0.480. The predicted octanol–water partition coefficient (Wildman–Crippen LogP) is 0.825. The van der Waals surface area contributed by atoms with Crippen LogP contribution in [-0.4, -0.2) is 54.5 Å². The molecule has 1 aromatic carbocycles. The molecule has 8 nitrogen and oxygen atoms in total. The van der Waals surface area contributed by atoms with E-state index in [1.165, 1.54) is 18.2 Å². The fourth-order valence-corrected chi connectivity index (χ4v) is 1.99. The highest BCUT2D eigenvalue weighted by atomic mass is 19.1. The largest absolute Gasteiger partial charge is 0.493 e. The van der Waals surface area contributed by atoms with Crippen LogP contribution in [0, 0.1) is 5.82 Å². The van der Waals surface area contributed by atoms with E-state index in [2.05, 4.69) is 10.1 Å². The molecule has 0 saturated carbocycles. The Labute approximate surface area is 151 Å². The number of hydrogen-bond acceptors (Lipinski definition) is 7. The van der Waals surface area contributed by atoms with E-state index in [1.807, 2.05) is 0 Å². The molecule has 0 spiro atoms. The Morgan fingerprint density at radius 3 is 2.50 bits per heavy atom. The highest BCUT2D eigenvalue weighted by Crippen LogP contribution is 2.22. The molecule has 0 aliphatic rings. The molecule has 0 saturated heterocycles. The van der Waals surface area contributed by atoms with E-state index in [0.29, 0.717) is 0 Å². The van der Waals surface area contributed by atoms with Gasteiger partial charge < -0.3 is 29.6 Å². The molecule has 26 heavy (non-hydrogen) atoms. The molecule has 1 atom stereocenters. The van der Waals surface area contributed by atoms with Gasteiger partial charge in [0.1, 0.15) is 18.1 Å². The normalized spacial score (nSPS) is 12.1. The first-order valence-corrected chi connectivity index (χ1v) is 7.87. The molecule has 0 radical (unpaired) electrons. The van der Waals surface area contributed by atoms with Gasteiger partial charge in [0.05, 0.1) is 7.11 Å². The lowest BCUT2D eigenvalue weighted by molar-refractivity contribution is -0.143. The SMILES string of the molecule is COC(=O)[C@H](Cc1cccc(OCB(O)O)c1F)NC(=O)OC(C)(C)C.